The minimum atomic E-state index is -1.22. The zero-order chi connectivity index (χ0) is 14.0. The van der Waals surface area contributed by atoms with Gasteiger partial charge in [-0.3, -0.25) is 0 Å². The average Bonchev–Trinajstić information content (AvgIpc) is 2.41. The molecular formula is C15H10F4. The molecule has 2 rings (SSSR count). The first kappa shape index (κ1) is 13.3. The van der Waals surface area contributed by atoms with Crippen LogP contribution in [0.3, 0.4) is 0 Å². The topological polar surface area (TPSA) is 0 Å². The Bertz CT molecular complexity index is 627. The van der Waals surface area contributed by atoms with Gasteiger partial charge in [0.1, 0.15) is 0 Å². The van der Waals surface area contributed by atoms with Gasteiger partial charge in [-0.2, -0.15) is 0 Å². The van der Waals surface area contributed by atoms with Crippen molar-refractivity contribution in [2.75, 3.05) is 0 Å². The molecule has 0 amide bonds. The first-order valence-electron chi connectivity index (χ1n) is 5.57. The van der Waals surface area contributed by atoms with Crippen LogP contribution in [-0.2, 0) is 0 Å². The van der Waals surface area contributed by atoms with E-state index in [-0.39, 0.29) is 11.1 Å². The van der Waals surface area contributed by atoms with Crippen LogP contribution in [0.15, 0.2) is 42.5 Å². The Kier molecular flexibility index (Phi) is 3.69. The van der Waals surface area contributed by atoms with Gasteiger partial charge in [0.25, 0.3) is 0 Å². The molecule has 0 aliphatic rings. The molecule has 98 valence electrons. The number of hydrogen-bond acceptors (Lipinski definition) is 0. The first-order valence-corrected chi connectivity index (χ1v) is 5.57. The van der Waals surface area contributed by atoms with E-state index >= 15 is 0 Å². The number of rotatable bonds is 2. The maximum Gasteiger partial charge on any atom is 0.166 e. The highest BCUT2D eigenvalue weighted by Gasteiger charge is 2.13. The lowest BCUT2D eigenvalue weighted by molar-refractivity contribution is 0.507. The third kappa shape index (κ3) is 2.84. The molecule has 0 aliphatic carbocycles. The molecule has 0 bridgehead atoms. The zero-order valence-electron chi connectivity index (χ0n) is 10.1. The molecule has 0 atom stereocenters. The fourth-order valence-corrected chi connectivity index (χ4v) is 1.59. The highest BCUT2D eigenvalue weighted by atomic mass is 19.2. The Labute approximate surface area is 108 Å². The van der Waals surface area contributed by atoms with E-state index in [1.165, 1.54) is 12.1 Å². The van der Waals surface area contributed by atoms with Crippen LogP contribution >= 0.6 is 0 Å². The Morgan fingerprint density at radius 2 is 1.26 bits per heavy atom. The highest BCUT2D eigenvalue weighted by molar-refractivity contribution is 5.83. The summed E-state index contributed by atoms with van der Waals surface area (Å²) < 4.78 is 53.4. The molecule has 0 heterocycles. The van der Waals surface area contributed by atoms with Crippen LogP contribution in [0.25, 0.3) is 11.7 Å². The number of aryl methyl sites for hydroxylation is 1. The van der Waals surface area contributed by atoms with Crippen molar-refractivity contribution in [2.45, 2.75) is 6.92 Å². The van der Waals surface area contributed by atoms with E-state index in [1.54, 1.807) is 12.1 Å². The second-order valence-corrected chi connectivity index (χ2v) is 4.12. The van der Waals surface area contributed by atoms with Gasteiger partial charge in [0.2, 0.25) is 0 Å². The van der Waals surface area contributed by atoms with E-state index in [1.807, 2.05) is 6.92 Å². The lowest BCUT2D eigenvalue weighted by Crippen LogP contribution is -1.89. The summed E-state index contributed by atoms with van der Waals surface area (Å²) in [7, 11) is 0. The van der Waals surface area contributed by atoms with Crippen LogP contribution in [0.4, 0.5) is 17.6 Å². The fraction of sp³-hybridized carbons (Fsp3) is 0.0667. The van der Waals surface area contributed by atoms with Crippen molar-refractivity contribution in [1.82, 2.24) is 0 Å². The molecule has 0 fully saturated rings. The molecule has 0 nitrogen and oxygen atoms in total. The maximum absolute atomic E-state index is 13.9. The number of benzene rings is 2. The predicted molar refractivity (Wildman–Crippen MR) is 66.6 cm³/mol. The van der Waals surface area contributed by atoms with Gasteiger partial charge >= 0.3 is 0 Å². The van der Waals surface area contributed by atoms with Gasteiger partial charge in [0.05, 0.1) is 0 Å². The molecule has 0 radical (unpaired) electrons. The van der Waals surface area contributed by atoms with Gasteiger partial charge in [-0.1, -0.05) is 29.8 Å². The summed E-state index contributed by atoms with van der Waals surface area (Å²) in [4.78, 5) is 0. The van der Waals surface area contributed by atoms with Crippen molar-refractivity contribution in [3.8, 4) is 0 Å². The van der Waals surface area contributed by atoms with E-state index in [0.29, 0.717) is 6.07 Å². The summed E-state index contributed by atoms with van der Waals surface area (Å²) in [6.45, 7) is 1.82. The first-order chi connectivity index (χ1) is 8.99. The Hall–Kier alpha value is -2.10. The lowest BCUT2D eigenvalue weighted by Gasteiger charge is -2.03. The lowest BCUT2D eigenvalue weighted by atomic mass is 10.1. The molecular weight excluding hydrogens is 256 g/mol. The Morgan fingerprint density at radius 1 is 0.737 bits per heavy atom. The smallest absolute Gasteiger partial charge is 0.166 e. The molecule has 2 aromatic rings. The van der Waals surface area contributed by atoms with Gasteiger partial charge in [-0.15, -0.1) is 0 Å². The van der Waals surface area contributed by atoms with E-state index in [0.717, 1.165) is 17.7 Å². The maximum atomic E-state index is 13.9. The number of hydrogen-bond donors (Lipinski definition) is 0. The summed E-state index contributed by atoms with van der Waals surface area (Å²) in [5.41, 5.74) is 0.620. The van der Waals surface area contributed by atoms with E-state index in [2.05, 4.69) is 0 Å². The second kappa shape index (κ2) is 5.26. The van der Waals surface area contributed by atoms with Crippen LogP contribution < -0.4 is 0 Å². The molecule has 2 aromatic carbocycles. The van der Waals surface area contributed by atoms with Crippen molar-refractivity contribution in [3.05, 3.63) is 70.8 Å². The van der Waals surface area contributed by atoms with Crippen LogP contribution in [0.2, 0.25) is 0 Å². The monoisotopic (exact) mass is 266 g/mol. The zero-order valence-corrected chi connectivity index (χ0v) is 10.1. The molecule has 0 spiro atoms. The minimum absolute atomic E-state index is 0.0489. The summed E-state index contributed by atoms with van der Waals surface area (Å²) in [6, 6.07) is 8.47. The van der Waals surface area contributed by atoms with Crippen molar-refractivity contribution in [2.24, 2.45) is 0 Å². The van der Waals surface area contributed by atoms with Crippen LogP contribution in [0, 0.1) is 18.6 Å². The quantitative estimate of drug-likeness (QED) is 0.527. The molecule has 0 unspecified atom stereocenters. The van der Waals surface area contributed by atoms with Crippen LogP contribution in [-0.4, -0.2) is 0 Å². The summed E-state index contributed by atoms with van der Waals surface area (Å²) >= 11 is 0. The van der Waals surface area contributed by atoms with Gasteiger partial charge in [0.15, 0.2) is 23.3 Å². The van der Waals surface area contributed by atoms with E-state index in [4.69, 9.17) is 0 Å². The van der Waals surface area contributed by atoms with Gasteiger partial charge in [-0.25, -0.2) is 17.6 Å². The van der Waals surface area contributed by atoms with Crippen molar-refractivity contribution in [1.29, 1.82) is 0 Å². The Morgan fingerprint density at radius 3 is 1.84 bits per heavy atom. The van der Waals surface area contributed by atoms with Crippen molar-refractivity contribution < 1.29 is 17.6 Å². The van der Waals surface area contributed by atoms with Crippen LogP contribution in [0.1, 0.15) is 16.7 Å². The van der Waals surface area contributed by atoms with Gasteiger partial charge in [-0.05, 0) is 25.1 Å². The second-order valence-electron chi connectivity index (χ2n) is 4.12. The van der Waals surface area contributed by atoms with Crippen molar-refractivity contribution in [3.63, 3.8) is 0 Å². The molecule has 0 aliphatic heterocycles. The third-order valence-corrected chi connectivity index (χ3v) is 2.67. The van der Waals surface area contributed by atoms with Crippen LogP contribution in [0.5, 0.6) is 0 Å². The molecule has 0 N–H and O–H groups in total. The molecule has 0 aromatic heterocycles. The molecule has 0 saturated heterocycles. The highest BCUT2D eigenvalue weighted by Crippen LogP contribution is 2.29. The van der Waals surface area contributed by atoms with Gasteiger partial charge < -0.3 is 0 Å². The Balaban J connectivity index is 2.45. The third-order valence-electron chi connectivity index (χ3n) is 2.67. The summed E-state index contributed by atoms with van der Waals surface area (Å²) in [5.74, 6) is -4.65. The van der Waals surface area contributed by atoms with E-state index < -0.39 is 23.3 Å². The average molecular weight is 266 g/mol. The SMILES string of the molecule is Cc1ccc(C(F)=C(F)c2ccc(F)c(F)c2)cc1. The summed E-state index contributed by atoms with van der Waals surface area (Å²) in [6.07, 6.45) is 0. The fourth-order valence-electron chi connectivity index (χ4n) is 1.59. The molecule has 4 heteroatoms. The molecule has 19 heavy (non-hydrogen) atoms. The van der Waals surface area contributed by atoms with Crippen molar-refractivity contribution >= 4 is 11.7 Å². The van der Waals surface area contributed by atoms with E-state index in [9.17, 15) is 17.6 Å². The normalized spacial score (nSPS) is 12.3. The molecule has 0 saturated carbocycles. The standard InChI is InChI=1S/C15H10F4/c1-9-2-4-10(5-3-9)14(18)15(19)11-6-7-12(16)13(17)8-11/h2-8H,1H3. The predicted octanol–water partition coefficient (Wildman–Crippen LogP) is 5.04. The largest absolute Gasteiger partial charge is 0.204 e. The van der Waals surface area contributed by atoms with Gasteiger partial charge in [0, 0.05) is 11.1 Å². The minimum Gasteiger partial charge on any atom is -0.204 e. The number of halogens is 4. The summed E-state index contributed by atoms with van der Waals surface area (Å²) in [5, 5.41) is 0.